The van der Waals surface area contributed by atoms with Gasteiger partial charge in [0.15, 0.2) is 0 Å². The smallest absolute Gasteiger partial charge is 0.315 e. The molecule has 2 rings (SSSR count). The molecule has 1 aromatic heterocycles. The van der Waals surface area contributed by atoms with Crippen molar-refractivity contribution < 1.29 is 4.42 Å². The molecule has 2 atom stereocenters. The summed E-state index contributed by atoms with van der Waals surface area (Å²) < 4.78 is 5.60. The van der Waals surface area contributed by atoms with Gasteiger partial charge in [0.05, 0.1) is 6.04 Å². The lowest BCUT2D eigenvalue weighted by molar-refractivity contribution is 0.420. The molecule has 2 N–H and O–H groups in total. The van der Waals surface area contributed by atoms with Gasteiger partial charge in [-0.3, -0.25) is 0 Å². The van der Waals surface area contributed by atoms with Crippen molar-refractivity contribution >= 4 is 6.01 Å². The van der Waals surface area contributed by atoms with E-state index in [-0.39, 0.29) is 6.04 Å². The highest BCUT2D eigenvalue weighted by Crippen LogP contribution is 2.33. The zero-order chi connectivity index (χ0) is 12.3. The maximum absolute atomic E-state index is 5.60. The zero-order valence-corrected chi connectivity index (χ0v) is 10.9. The van der Waals surface area contributed by atoms with E-state index in [1.165, 1.54) is 12.8 Å². The summed E-state index contributed by atoms with van der Waals surface area (Å²) in [6, 6.07) is 1.10. The van der Waals surface area contributed by atoms with Crippen LogP contribution in [0.5, 0.6) is 0 Å². The van der Waals surface area contributed by atoms with E-state index in [0.717, 1.165) is 18.9 Å². The summed E-state index contributed by atoms with van der Waals surface area (Å²) in [6.07, 6.45) is 3.72. The molecule has 0 aliphatic heterocycles. The fraction of sp³-hybridized carbons (Fsp3) is 0.833. The van der Waals surface area contributed by atoms with Gasteiger partial charge in [0.2, 0.25) is 5.89 Å². The zero-order valence-electron chi connectivity index (χ0n) is 10.9. The largest absolute Gasteiger partial charge is 0.406 e. The molecule has 0 amide bonds. The van der Waals surface area contributed by atoms with Crippen molar-refractivity contribution in [1.82, 2.24) is 15.5 Å². The van der Waals surface area contributed by atoms with E-state index in [1.807, 2.05) is 6.92 Å². The van der Waals surface area contributed by atoms with Gasteiger partial charge in [-0.05, 0) is 45.6 Å². The number of hydrogen-bond acceptors (Lipinski definition) is 5. The second-order valence-electron chi connectivity index (χ2n) is 4.89. The number of rotatable bonds is 7. The van der Waals surface area contributed by atoms with E-state index in [0.29, 0.717) is 17.9 Å². The predicted molar refractivity (Wildman–Crippen MR) is 66.8 cm³/mol. The Balaban J connectivity index is 1.85. The van der Waals surface area contributed by atoms with Crippen molar-refractivity contribution in [2.45, 2.75) is 52.1 Å². The fourth-order valence-electron chi connectivity index (χ4n) is 1.82. The highest BCUT2D eigenvalue weighted by Gasteiger charge is 2.29. The lowest BCUT2D eigenvalue weighted by Gasteiger charge is -2.10. The average molecular weight is 238 g/mol. The minimum absolute atomic E-state index is 0.120. The Hall–Kier alpha value is -1.10. The Morgan fingerprint density at radius 2 is 2.12 bits per heavy atom. The van der Waals surface area contributed by atoms with Crippen molar-refractivity contribution in [3.63, 3.8) is 0 Å². The Labute approximate surface area is 102 Å². The second kappa shape index (κ2) is 5.49. The molecule has 5 nitrogen and oxygen atoms in total. The van der Waals surface area contributed by atoms with Crippen LogP contribution in [-0.4, -0.2) is 22.8 Å². The number of hydrogen-bond donors (Lipinski definition) is 2. The van der Waals surface area contributed by atoms with Crippen molar-refractivity contribution in [3.8, 4) is 0 Å². The summed E-state index contributed by atoms with van der Waals surface area (Å²) in [4.78, 5) is 0. The van der Waals surface area contributed by atoms with Crippen molar-refractivity contribution in [3.05, 3.63) is 5.89 Å². The minimum Gasteiger partial charge on any atom is -0.406 e. The van der Waals surface area contributed by atoms with Gasteiger partial charge in [-0.1, -0.05) is 12.0 Å². The van der Waals surface area contributed by atoms with Crippen LogP contribution in [0.15, 0.2) is 4.42 Å². The third kappa shape index (κ3) is 3.43. The van der Waals surface area contributed by atoms with Crippen LogP contribution in [0.25, 0.3) is 0 Å². The monoisotopic (exact) mass is 238 g/mol. The summed E-state index contributed by atoms with van der Waals surface area (Å²) in [5, 5.41) is 14.7. The molecule has 0 bridgehead atoms. The van der Waals surface area contributed by atoms with E-state index < -0.39 is 0 Å². The molecule has 1 saturated carbocycles. The molecular weight excluding hydrogens is 216 g/mol. The van der Waals surface area contributed by atoms with Gasteiger partial charge >= 0.3 is 6.01 Å². The van der Waals surface area contributed by atoms with Gasteiger partial charge in [0.1, 0.15) is 0 Å². The molecule has 1 fully saturated rings. The first-order chi connectivity index (χ1) is 8.20. The number of nitrogens with zero attached hydrogens (tertiary/aromatic N) is 2. The topological polar surface area (TPSA) is 63.0 Å². The molecule has 1 heterocycles. The van der Waals surface area contributed by atoms with Crippen LogP contribution < -0.4 is 10.6 Å². The molecule has 2 unspecified atom stereocenters. The Morgan fingerprint density at radius 1 is 1.35 bits per heavy atom. The van der Waals surface area contributed by atoms with Gasteiger partial charge in [-0.15, -0.1) is 5.10 Å². The molecule has 5 heteroatoms. The molecule has 1 aliphatic rings. The van der Waals surface area contributed by atoms with E-state index >= 15 is 0 Å². The van der Waals surface area contributed by atoms with Crippen LogP contribution in [0.4, 0.5) is 6.01 Å². The first kappa shape index (κ1) is 12.4. The standard InChI is InChI=1S/C12H22N4O/c1-4-7-13-9(3)11-15-16-12(17-11)14-8(2)10-5-6-10/h8-10,13H,4-7H2,1-3H3,(H,14,16). The van der Waals surface area contributed by atoms with Gasteiger partial charge in [0, 0.05) is 6.04 Å². The van der Waals surface area contributed by atoms with Crippen molar-refractivity contribution in [2.24, 2.45) is 5.92 Å². The Bertz CT molecular complexity index is 348. The van der Waals surface area contributed by atoms with E-state index in [2.05, 4.69) is 34.7 Å². The van der Waals surface area contributed by atoms with Crippen LogP contribution in [-0.2, 0) is 0 Å². The molecule has 96 valence electrons. The van der Waals surface area contributed by atoms with Crippen LogP contribution in [0.1, 0.15) is 52.0 Å². The highest BCUT2D eigenvalue weighted by atomic mass is 16.4. The van der Waals surface area contributed by atoms with E-state index in [1.54, 1.807) is 0 Å². The Kier molecular flexibility index (Phi) is 3.99. The summed E-state index contributed by atoms with van der Waals surface area (Å²) in [5.41, 5.74) is 0. The fourth-order valence-corrected chi connectivity index (χ4v) is 1.82. The third-order valence-corrected chi connectivity index (χ3v) is 3.19. The van der Waals surface area contributed by atoms with Gasteiger partial charge in [0.25, 0.3) is 0 Å². The maximum Gasteiger partial charge on any atom is 0.315 e. The summed E-state index contributed by atoms with van der Waals surface area (Å²) in [5.74, 6) is 1.44. The number of aromatic nitrogens is 2. The number of anilines is 1. The predicted octanol–water partition coefficient (Wildman–Crippen LogP) is 2.34. The lowest BCUT2D eigenvalue weighted by atomic mass is 10.2. The highest BCUT2D eigenvalue weighted by molar-refractivity contribution is 5.20. The number of nitrogens with one attached hydrogen (secondary N) is 2. The summed E-state index contributed by atoms with van der Waals surface area (Å²) in [6.45, 7) is 7.31. The Morgan fingerprint density at radius 3 is 2.76 bits per heavy atom. The minimum atomic E-state index is 0.120. The molecular formula is C12H22N4O. The summed E-state index contributed by atoms with van der Waals surface area (Å²) >= 11 is 0. The molecule has 0 radical (unpaired) electrons. The SMILES string of the molecule is CCCNC(C)c1nnc(NC(C)C2CC2)o1. The molecule has 1 aliphatic carbocycles. The first-order valence-electron chi connectivity index (χ1n) is 6.54. The van der Waals surface area contributed by atoms with Gasteiger partial charge < -0.3 is 15.1 Å². The van der Waals surface area contributed by atoms with E-state index in [4.69, 9.17) is 4.42 Å². The molecule has 1 aromatic rings. The van der Waals surface area contributed by atoms with E-state index in [9.17, 15) is 0 Å². The maximum atomic E-state index is 5.60. The third-order valence-electron chi connectivity index (χ3n) is 3.19. The molecule has 0 spiro atoms. The molecule has 0 saturated heterocycles. The quantitative estimate of drug-likeness (QED) is 0.763. The lowest BCUT2D eigenvalue weighted by Crippen LogP contribution is -2.19. The second-order valence-corrected chi connectivity index (χ2v) is 4.89. The van der Waals surface area contributed by atoms with Gasteiger partial charge in [-0.25, -0.2) is 0 Å². The average Bonchev–Trinajstić information content (AvgIpc) is 3.07. The van der Waals surface area contributed by atoms with Gasteiger partial charge in [-0.2, -0.15) is 0 Å². The van der Waals surface area contributed by atoms with Crippen LogP contribution in [0.2, 0.25) is 0 Å². The van der Waals surface area contributed by atoms with Crippen LogP contribution in [0.3, 0.4) is 0 Å². The molecule has 0 aromatic carbocycles. The normalized spacial score (nSPS) is 19.0. The molecule has 17 heavy (non-hydrogen) atoms. The van der Waals surface area contributed by atoms with Crippen molar-refractivity contribution in [2.75, 3.05) is 11.9 Å². The van der Waals surface area contributed by atoms with Crippen molar-refractivity contribution in [1.29, 1.82) is 0 Å². The van der Waals surface area contributed by atoms with Crippen LogP contribution in [0, 0.1) is 5.92 Å². The summed E-state index contributed by atoms with van der Waals surface area (Å²) in [7, 11) is 0. The van der Waals surface area contributed by atoms with Crippen LogP contribution >= 0.6 is 0 Å². The first-order valence-corrected chi connectivity index (χ1v) is 6.54.